The number of Topliss-reactive ketones (excluding diaryl/α,β-unsaturated/α-hetero) is 1. The van der Waals surface area contributed by atoms with Gasteiger partial charge in [-0.1, -0.05) is 12.1 Å². The highest BCUT2D eigenvalue weighted by Crippen LogP contribution is 2.59. The van der Waals surface area contributed by atoms with Crippen LogP contribution in [0.2, 0.25) is 0 Å². The predicted octanol–water partition coefficient (Wildman–Crippen LogP) is 3.98. The van der Waals surface area contributed by atoms with E-state index in [1.807, 2.05) is 29.8 Å². The van der Waals surface area contributed by atoms with Gasteiger partial charge in [0.05, 0.1) is 11.6 Å². The second kappa shape index (κ2) is 8.16. The van der Waals surface area contributed by atoms with Crippen molar-refractivity contribution < 1.29 is 14.2 Å². The van der Waals surface area contributed by atoms with E-state index in [1.165, 1.54) is 38.5 Å². The number of rotatable bonds is 6. The van der Waals surface area contributed by atoms with Crippen molar-refractivity contribution in [2.75, 3.05) is 6.54 Å². The Hall–Kier alpha value is -3.00. The summed E-state index contributed by atoms with van der Waals surface area (Å²) < 4.78 is 1.82. The van der Waals surface area contributed by atoms with E-state index >= 15 is 0 Å². The maximum Gasteiger partial charge on any atom is 0.257 e. The van der Waals surface area contributed by atoms with Crippen molar-refractivity contribution in [1.29, 1.82) is 5.26 Å². The molecule has 1 N–H and O–H groups in total. The third-order valence-electron chi connectivity index (χ3n) is 8.01. The molecular formula is C27H30N3O2+. The summed E-state index contributed by atoms with van der Waals surface area (Å²) >= 11 is 0. The van der Waals surface area contributed by atoms with Gasteiger partial charge in [-0.3, -0.25) is 9.59 Å². The van der Waals surface area contributed by atoms with Gasteiger partial charge in [0.2, 0.25) is 12.3 Å². The molecule has 2 aromatic rings. The van der Waals surface area contributed by atoms with Gasteiger partial charge in [-0.05, 0) is 79.9 Å². The Balaban J connectivity index is 1.27. The first kappa shape index (κ1) is 20.9. The van der Waals surface area contributed by atoms with Gasteiger partial charge >= 0.3 is 0 Å². The summed E-state index contributed by atoms with van der Waals surface area (Å²) in [6.07, 6.45) is 9.83. The molecule has 5 nitrogen and oxygen atoms in total. The minimum atomic E-state index is -0.0821. The molecule has 4 aliphatic carbocycles. The lowest BCUT2D eigenvalue weighted by Crippen LogP contribution is -2.51. The number of ketones is 1. The maximum atomic E-state index is 13.1. The molecule has 5 heteroatoms. The van der Waals surface area contributed by atoms with E-state index in [0.717, 1.165) is 30.0 Å². The van der Waals surface area contributed by atoms with E-state index in [1.54, 1.807) is 24.3 Å². The molecular weight excluding hydrogens is 398 g/mol. The number of nitriles is 1. The van der Waals surface area contributed by atoms with Gasteiger partial charge in [0.15, 0.2) is 11.9 Å². The van der Waals surface area contributed by atoms with Crippen molar-refractivity contribution in [2.45, 2.75) is 52.0 Å². The van der Waals surface area contributed by atoms with E-state index < -0.39 is 0 Å². The Morgan fingerprint density at radius 1 is 1.09 bits per heavy atom. The molecule has 164 valence electrons. The molecule has 1 heterocycles. The predicted molar refractivity (Wildman–Crippen MR) is 120 cm³/mol. The number of nitrogens with one attached hydrogen (secondary N) is 1. The number of carbonyl (C=O) groups excluding carboxylic acids is 2. The standard InChI is InChI=1S/C27H29N3O2/c1-18-24(6-3-7-30(18)16-25(31)23-5-2-4-19(11-23)15-28)26(32)29-17-27-12-20-8-21(13-27)10-22(9-20)14-27/h2-7,11,20-22H,8-10,12-14,16-17H2,1H3/p+1. The maximum absolute atomic E-state index is 13.1. The lowest BCUT2D eigenvalue weighted by atomic mass is 9.49. The van der Waals surface area contributed by atoms with Crippen molar-refractivity contribution in [3.8, 4) is 6.07 Å². The van der Waals surface area contributed by atoms with Gasteiger partial charge in [-0.2, -0.15) is 9.83 Å². The zero-order valence-electron chi connectivity index (χ0n) is 18.6. The first-order chi connectivity index (χ1) is 15.4. The van der Waals surface area contributed by atoms with Gasteiger partial charge in [-0.15, -0.1) is 0 Å². The molecule has 0 unspecified atom stereocenters. The van der Waals surface area contributed by atoms with Crippen molar-refractivity contribution in [3.05, 3.63) is 65.0 Å². The van der Waals surface area contributed by atoms with Crippen molar-refractivity contribution in [2.24, 2.45) is 23.2 Å². The van der Waals surface area contributed by atoms with Crippen LogP contribution < -0.4 is 9.88 Å². The lowest BCUT2D eigenvalue weighted by molar-refractivity contribution is -0.689. The smallest absolute Gasteiger partial charge is 0.257 e. The molecule has 4 bridgehead atoms. The quantitative estimate of drug-likeness (QED) is 0.559. The first-order valence-electron chi connectivity index (χ1n) is 11.8. The molecule has 1 aromatic heterocycles. The van der Waals surface area contributed by atoms with Crippen LogP contribution in [0.25, 0.3) is 0 Å². The number of aromatic nitrogens is 1. The number of hydrogen-bond acceptors (Lipinski definition) is 3. The molecule has 4 aliphatic rings. The molecule has 4 fully saturated rings. The normalized spacial score (nSPS) is 27.7. The summed E-state index contributed by atoms with van der Waals surface area (Å²) in [5.74, 6) is 2.46. The molecule has 0 radical (unpaired) electrons. The van der Waals surface area contributed by atoms with Gasteiger partial charge in [0.1, 0.15) is 5.56 Å². The van der Waals surface area contributed by atoms with Gasteiger partial charge in [0, 0.05) is 25.1 Å². The molecule has 0 aliphatic heterocycles. The fourth-order valence-electron chi connectivity index (χ4n) is 6.92. The zero-order valence-corrected chi connectivity index (χ0v) is 18.6. The molecule has 4 saturated carbocycles. The minimum absolute atomic E-state index is 0.0495. The van der Waals surface area contributed by atoms with Crippen LogP contribution in [0.4, 0.5) is 0 Å². The fraction of sp³-hybridized carbons (Fsp3) is 0.481. The summed E-state index contributed by atoms with van der Waals surface area (Å²) in [6.45, 7) is 2.79. The van der Waals surface area contributed by atoms with Crippen LogP contribution in [-0.4, -0.2) is 18.2 Å². The van der Waals surface area contributed by atoms with Gasteiger partial charge < -0.3 is 5.32 Å². The molecule has 32 heavy (non-hydrogen) atoms. The van der Waals surface area contributed by atoms with E-state index in [-0.39, 0.29) is 18.2 Å². The Labute approximate surface area is 189 Å². The van der Waals surface area contributed by atoms with Crippen LogP contribution in [0.15, 0.2) is 42.6 Å². The van der Waals surface area contributed by atoms with Crippen LogP contribution >= 0.6 is 0 Å². The molecule has 1 amide bonds. The Morgan fingerprint density at radius 2 is 1.78 bits per heavy atom. The molecule has 0 spiro atoms. The number of pyridine rings is 1. The summed E-state index contributed by atoms with van der Waals surface area (Å²) in [5.41, 5.74) is 2.67. The summed E-state index contributed by atoms with van der Waals surface area (Å²) in [5, 5.41) is 12.3. The Kier molecular flexibility index (Phi) is 5.33. The number of nitrogens with zero attached hydrogens (tertiary/aromatic N) is 2. The van der Waals surface area contributed by atoms with E-state index in [9.17, 15) is 9.59 Å². The van der Waals surface area contributed by atoms with Crippen LogP contribution in [0, 0.1) is 41.4 Å². The van der Waals surface area contributed by atoms with E-state index in [2.05, 4.69) is 11.4 Å². The van der Waals surface area contributed by atoms with Gasteiger partial charge in [-0.25, -0.2) is 0 Å². The zero-order chi connectivity index (χ0) is 22.3. The number of carbonyl (C=O) groups is 2. The topological polar surface area (TPSA) is 73.8 Å². The molecule has 6 rings (SSSR count). The average molecular weight is 429 g/mol. The van der Waals surface area contributed by atoms with E-state index in [0.29, 0.717) is 22.1 Å². The number of benzene rings is 1. The van der Waals surface area contributed by atoms with Crippen molar-refractivity contribution in [3.63, 3.8) is 0 Å². The highest BCUT2D eigenvalue weighted by atomic mass is 16.1. The second-order valence-electron chi connectivity index (χ2n) is 10.4. The molecule has 1 aromatic carbocycles. The van der Waals surface area contributed by atoms with Gasteiger partial charge in [0.25, 0.3) is 5.91 Å². The summed E-state index contributed by atoms with van der Waals surface area (Å²) in [4.78, 5) is 25.9. The summed E-state index contributed by atoms with van der Waals surface area (Å²) in [7, 11) is 0. The molecule has 0 saturated heterocycles. The number of hydrogen-bond donors (Lipinski definition) is 1. The van der Waals surface area contributed by atoms with Crippen LogP contribution in [0.5, 0.6) is 0 Å². The highest BCUT2D eigenvalue weighted by molar-refractivity contribution is 5.96. The Bertz CT molecular complexity index is 1080. The first-order valence-corrected chi connectivity index (χ1v) is 11.8. The SMILES string of the molecule is Cc1c(C(=O)NCC23CC4CC(CC(C4)C2)C3)ccc[n+]1CC(=O)c1cccc(C#N)c1. The third-order valence-corrected chi connectivity index (χ3v) is 8.01. The van der Waals surface area contributed by atoms with Crippen LogP contribution in [0.1, 0.15) is 70.5 Å². The molecule has 0 atom stereocenters. The number of amides is 1. The fourth-order valence-corrected chi connectivity index (χ4v) is 6.92. The average Bonchev–Trinajstić information content (AvgIpc) is 2.78. The van der Waals surface area contributed by atoms with Crippen molar-refractivity contribution in [1.82, 2.24) is 5.32 Å². The minimum Gasteiger partial charge on any atom is -0.351 e. The van der Waals surface area contributed by atoms with Crippen LogP contribution in [0.3, 0.4) is 0 Å². The highest BCUT2D eigenvalue weighted by Gasteiger charge is 2.50. The lowest BCUT2D eigenvalue weighted by Gasteiger charge is -2.56. The second-order valence-corrected chi connectivity index (χ2v) is 10.4. The van der Waals surface area contributed by atoms with E-state index in [4.69, 9.17) is 5.26 Å². The summed E-state index contributed by atoms with van der Waals surface area (Å²) in [6, 6.07) is 12.5. The van der Waals surface area contributed by atoms with Crippen LogP contribution in [-0.2, 0) is 6.54 Å². The third kappa shape index (κ3) is 3.95. The van der Waals surface area contributed by atoms with Crippen molar-refractivity contribution >= 4 is 11.7 Å². The Morgan fingerprint density at radius 3 is 2.44 bits per heavy atom. The largest absolute Gasteiger partial charge is 0.351 e. The monoisotopic (exact) mass is 428 g/mol.